The summed E-state index contributed by atoms with van der Waals surface area (Å²) in [6, 6.07) is 7.54. The molecule has 0 aliphatic carbocycles. The van der Waals surface area contributed by atoms with Crippen LogP contribution >= 0.6 is 22.9 Å². The minimum atomic E-state index is -0.186. The van der Waals surface area contributed by atoms with Crippen LogP contribution in [0.5, 0.6) is 0 Å². The lowest BCUT2D eigenvalue weighted by molar-refractivity contribution is 0.0777. The van der Waals surface area contributed by atoms with E-state index >= 15 is 0 Å². The first-order valence-electron chi connectivity index (χ1n) is 8.27. The number of thiazole rings is 1. The van der Waals surface area contributed by atoms with Crippen LogP contribution in [-0.4, -0.2) is 37.8 Å². The van der Waals surface area contributed by atoms with Crippen LogP contribution in [0.15, 0.2) is 35.8 Å². The lowest BCUT2D eigenvalue weighted by Gasteiger charge is -2.13. The van der Waals surface area contributed by atoms with Crippen LogP contribution < -0.4 is 0 Å². The summed E-state index contributed by atoms with van der Waals surface area (Å²) in [5, 5.41) is 11.8. The van der Waals surface area contributed by atoms with Gasteiger partial charge in [-0.1, -0.05) is 48.9 Å². The molecule has 0 spiro atoms. The van der Waals surface area contributed by atoms with Crippen LogP contribution in [-0.2, 0) is 13.1 Å². The maximum Gasteiger partial charge on any atom is 0.276 e. The van der Waals surface area contributed by atoms with E-state index in [9.17, 15) is 4.79 Å². The zero-order chi connectivity index (χ0) is 18.7. The van der Waals surface area contributed by atoms with Gasteiger partial charge in [-0.05, 0) is 11.6 Å². The molecule has 3 aromatic rings. The first-order valence-corrected chi connectivity index (χ1v) is 9.53. The van der Waals surface area contributed by atoms with Crippen molar-refractivity contribution in [2.45, 2.75) is 32.9 Å². The van der Waals surface area contributed by atoms with Gasteiger partial charge in [-0.25, -0.2) is 9.67 Å². The predicted molar refractivity (Wildman–Crippen MR) is 103 cm³/mol. The van der Waals surface area contributed by atoms with Crippen molar-refractivity contribution < 1.29 is 4.79 Å². The summed E-state index contributed by atoms with van der Waals surface area (Å²) < 4.78 is 1.61. The van der Waals surface area contributed by atoms with Crippen molar-refractivity contribution in [1.82, 2.24) is 24.9 Å². The van der Waals surface area contributed by atoms with Gasteiger partial charge in [0.05, 0.1) is 30.0 Å². The molecule has 1 amide bonds. The zero-order valence-corrected chi connectivity index (χ0v) is 16.5. The van der Waals surface area contributed by atoms with E-state index < -0.39 is 0 Å². The molecule has 0 saturated heterocycles. The summed E-state index contributed by atoms with van der Waals surface area (Å²) in [5.41, 5.74) is 2.12. The van der Waals surface area contributed by atoms with Gasteiger partial charge in [0.1, 0.15) is 0 Å². The molecule has 1 aromatic carbocycles. The van der Waals surface area contributed by atoms with Gasteiger partial charge in [0.15, 0.2) is 5.69 Å². The molecular formula is C18H20ClN5OS. The Kier molecular flexibility index (Phi) is 5.68. The molecule has 136 valence electrons. The molecule has 8 heteroatoms. The molecule has 0 radical (unpaired) electrons. The maximum absolute atomic E-state index is 12.6. The summed E-state index contributed by atoms with van der Waals surface area (Å²) in [6.07, 6.45) is 1.64. The quantitative estimate of drug-likeness (QED) is 0.642. The average Bonchev–Trinajstić information content (AvgIpc) is 3.26. The molecule has 2 heterocycles. The number of halogens is 1. The number of carbonyl (C=O) groups excluding carboxylic acids is 1. The molecule has 0 unspecified atom stereocenters. The number of amides is 1. The molecule has 2 aromatic heterocycles. The van der Waals surface area contributed by atoms with Gasteiger partial charge in [0.25, 0.3) is 5.91 Å². The molecule has 3 rings (SSSR count). The van der Waals surface area contributed by atoms with Crippen LogP contribution in [0.25, 0.3) is 0 Å². The number of carbonyl (C=O) groups is 1. The molecule has 0 atom stereocenters. The van der Waals surface area contributed by atoms with E-state index in [1.807, 2.05) is 29.6 Å². The van der Waals surface area contributed by atoms with E-state index in [0.717, 1.165) is 16.3 Å². The Bertz CT molecular complexity index is 904. The number of benzene rings is 1. The van der Waals surface area contributed by atoms with E-state index in [2.05, 4.69) is 29.1 Å². The lowest BCUT2D eigenvalue weighted by Crippen LogP contribution is -2.26. The second-order valence-corrected chi connectivity index (χ2v) is 7.68. The van der Waals surface area contributed by atoms with Crippen molar-refractivity contribution in [2.24, 2.45) is 0 Å². The molecule has 0 aliphatic heterocycles. The van der Waals surface area contributed by atoms with E-state index in [1.54, 1.807) is 34.2 Å². The van der Waals surface area contributed by atoms with Crippen molar-refractivity contribution in [3.05, 3.63) is 62.8 Å². The second kappa shape index (κ2) is 7.97. The molecular weight excluding hydrogens is 370 g/mol. The average molecular weight is 390 g/mol. The van der Waals surface area contributed by atoms with Gasteiger partial charge in [0.2, 0.25) is 0 Å². The fourth-order valence-electron chi connectivity index (χ4n) is 2.45. The standard InChI is InChI=1S/C18H20ClN5OS/c1-12(2)17-20-14(11-26-17)9-23(3)18(25)16-10-24(22-21-16)8-13-6-4-5-7-15(13)19/h4-7,10-12H,8-9H2,1-3H3. The molecule has 6 nitrogen and oxygen atoms in total. The molecule has 26 heavy (non-hydrogen) atoms. The van der Waals surface area contributed by atoms with Crippen LogP contribution in [0.4, 0.5) is 0 Å². The number of hydrogen-bond acceptors (Lipinski definition) is 5. The highest BCUT2D eigenvalue weighted by Crippen LogP contribution is 2.20. The third-order valence-electron chi connectivity index (χ3n) is 3.86. The normalized spacial score (nSPS) is 11.1. The Balaban J connectivity index is 1.66. The maximum atomic E-state index is 12.6. The first kappa shape index (κ1) is 18.5. The minimum Gasteiger partial charge on any atom is -0.334 e. The van der Waals surface area contributed by atoms with E-state index in [1.165, 1.54) is 0 Å². The molecule has 0 saturated carbocycles. The van der Waals surface area contributed by atoms with Crippen molar-refractivity contribution in [2.75, 3.05) is 7.05 Å². The predicted octanol–water partition coefficient (Wildman–Crippen LogP) is 3.83. The lowest BCUT2D eigenvalue weighted by atomic mass is 10.2. The largest absolute Gasteiger partial charge is 0.334 e. The molecule has 0 fully saturated rings. The highest BCUT2D eigenvalue weighted by molar-refractivity contribution is 7.09. The van der Waals surface area contributed by atoms with Gasteiger partial charge in [-0.2, -0.15) is 0 Å². The van der Waals surface area contributed by atoms with Gasteiger partial charge in [0, 0.05) is 23.4 Å². The fourth-order valence-corrected chi connectivity index (χ4v) is 3.47. The van der Waals surface area contributed by atoms with Crippen LogP contribution in [0.1, 0.15) is 46.5 Å². The van der Waals surface area contributed by atoms with Gasteiger partial charge in [-0.15, -0.1) is 16.4 Å². The van der Waals surface area contributed by atoms with Crippen LogP contribution in [0.2, 0.25) is 5.02 Å². The molecule has 0 aliphatic rings. The van der Waals surface area contributed by atoms with Crippen molar-refractivity contribution in [3.8, 4) is 0 Å². The second-order valence-electron chi connectivity index (χ2n) is 6.39. The monoisotopic (exact) mass is 389 g/mol. The highest BCUT2D eigenvalue weighted by atomic mass is 35.5. The minimum absolute atomic E-state index is 0.186. The highest BCUT2D eigenvalue weighted by Gasteiger charge is 2.18. The molecule has 0 bridgehead atoms. The van der Waals surface area contributed by atoms with Crippen LogP contribution in [0, 0.1) is 0 Å². The van der Waals surface area contributed by atoms with Crippen LogP contribution in [0.3, 0.4) is 0 Å². The SMILES string of the molecule is CC(C)c1nc(CN(C)C(=O)c2cn(Cc3ccccc3Cl)nn2)cs1. The summed E-state index contributed by atoms with van der Waals surface area (Å²) in [5.74, 6) is 0.203. The first-order chi connectivity index (χ1) is 12.4. The van der Waals surface area contributed by atoms with E-state index in [-0.39, 0.29) is 5.91 Å². The van der Waals surface area contributed by atoms with Crippen molar-refractivity contribution in [1.29, 1.82) is 0 Å². The number of hydrogen-bond donors (Lipinski definition) is 0. The Morgan fingerprint density at radius 3 is 2.81 bits per heavy atom. The third-order valence-corrected chi connectivity index (χ3v) is 5.42. The number of rotatable bonds is 6. The Morgan fingerprint density at radius 1 is 1.35 bits per heavy atom. The van der Waals surface area contributed by atoms with Crippen molar-refractivity contribution in [3.63, 3.8) is 0 Å². The van der Waals surface area contributed by atoms with Gasteiger partial charge in [-0.3, -0.25) is 4.79 Å². The Morgan fingerprint density at radius 2 is 2.12 bits per heavy atom. The zero-order valence-electron chi connectivity index (χ0n) is 14.9. The smallest absolute Gasteiger partial charge is 0.276 e. The summed E-state index contributed by atoms with van der Waals surface area (Å²) in [6.45, 7) is 5.12. The van der Waals surface area contributed by atoms with Gasteiger partial charge < -0.3 is 4.90 Å². The third kappa shape index (κ3) is 4.28. The van der Waals surface area contributed by atoms with Gasteiger partial charge >= 0.3 is 0 Å². The topological polar surface area (TPSA) is 63.9 Å². The Hall–Kier alpha value is -2.25. The summed E-state index contributed by atoms with van der Waals surface area (Å²) in [7, 11) is 1.74. The molecule has 0 N–H and O–H groups in total. The Labute approximate surface area is 161 Å². The summed E-state index contributed by atoms with van der Waals surface area (Å²) >= 11 is 7.79. The fraction of sp³-hybridized carbons (Fsp3) is 0.333. The van der Waals surface area contributed by atoms with Crippen molar-refractivity contribution >= 4 is 28.8 Å². The number of nitrogens with zero attached hydrogens (tertiary/aromatic N) is 5. The number of aromatic nitrogens is 4. The van der Waals surface area contributed by atoms with E-state index in [0.29, 0.717) is 29.7 Å². The van der Waals surface area contributed by atoms with E-state index in [4.69, 9.17) is 11.6 Å². The summed E-state index contributed by atoms with van der Waals surface area (Å²) in [4.78, 5) is 18.7.